The number of anilines is 3. The van der Waals surface area contributed by atoms with Gasteiger partial charge in [0.05, 0.1) is 17.3 Å². The average molecular weight is 612 g/mol. The first-order chi connectivity index (χ1) is 20.9. The number of carbonyl (C=O) groups is 1. The molecule has 0 aliphatic rings. The van der Waals surface area contributed by atoms with Gasteiger partial charge in [-0.15, -0.1) is 0 Å². The van der Waals surface area contributed by atoms with E-state index in [9.17, 15) is 18.5 Å². The highest BCUT2D eigenvalue weighted by molar-refractivity contribution is 7.90. The number of nitrogen functional groups attached to an aromatic ring is 1. The van der Waals surface area contributed by atoms with Gasteiger partial charge in [0.15, 0.2) is 5.82 Å². The molecule has 15 heteroatoms. The fourth-order valence-electron chi connectivity index (χ4n) is 4.66. The zero-order valence-electron chi connectivity index (χ0n) is 24.0. The van der Waals surface area contributed by atoms with E-state index in [1.807, 2.05) is 45.2 Å². The van der Waals surface area contributed by atoms with Gasteiger partial charge in [0.2, 0.25) is 0 Å². The quantitative estimate of drug-likeness (QED) is 0.164. The molecular formula is C29H29N11O3S. The van der Waals surface area contributed by atoms with Crippen molar-refractivity contribution in [3.8, 4) is 17.3 Å². The van der Waals surface area contributed by atoms with Gasteiger partial charge < -0.3 is 16.4 Å². The summed E-state index contributed by atoms with van der Waals surface area (Å²) in [6, 6.07) is 15.5. The molecule has 0 saturated carbocycles. The summed E-state index contributed by atoms with van der Waals surface area (Å²) in [6.45, 7) is 5.92. The molecule has 3 aromatic heterocycles. The van der Waals surface area contributed by atoms with Crippen LogP contribution in [-0.2, 0) is 16.8 Å². The summed E-state index contributed by atoms with van der Waals surface area (Å²) >= 11 is 0. The number of aromatic nitrogens is 5. The fourth-order valence-corrected chi connectivity index (χ4v) is 5.12. The normalized spacial score (nSPS) is 12.0. The minimum atomic E-state index is -3.88. The molecule has 3 heterocycles. The second-order valence-electron chi connectivity index (χ2n) is 10.2. The van der Waals surface area contributed by atoms with Crippen LogP contribution >= 0.6 is 0 Å². The van der Waals surface area contributed by atoms with Crippen molar-refractivity contribution in [2.45, 2.75) is 33.4 Å². The lowest BCUT2D eigenvalue weighted by atomic mass is 10.0. The van der Waals surface area contributed by atoms with E-state index >= 15 is 0 Å². The summed E-state index contributed by atoms with van der Waals surface area (Å²) < 4.78 is 26.4. The van der Waals surface area contributed by atoms with Crippen LogP contribution in [0.5, 0.6) is 0 Å². The van der Waals surface area contributed by atoms with Gasteiger partial charge in [-0.1, -0.05) is 12.1 Å². The number of aryl methyl sites for hydroxylation is 2. The lowest BCUT2D eigenvalue weighted by molar-refractivity contribution is 0.0951. The average Bonchev–Trinajstić information content (AvgIpc) is 3.35. The van der Waals surface area contributed by atoms with Gasteiger partial charge >= 0.3 is 0 Å². The summed E-state index contributed by atoms with van der Waals surface area (Å²) in [6.07, 6.45) is 3.11. The molecule has 1 atom stereocenters. The van der Waals surface area contributed by atoms with Gasteiger partial charge in [-0.05, 0) is 73.9 Å². The zero-order valence-corrected chi connectivity index (χ0v) is 24.8. The van der Waals surface area contributed by atoms with E-state index in [2.05, 4.69) is 30.4 Å². The molecule has 0 unspecified atom stereocenters. The first-order valence-corrected chi connectivity index (χ1v) is 14.9. The predicted molar refractivity (Wildman–Crippen MR) is 165 cm³/mol. The van der Waals surface area contributed by atoms with Crippen LogP contribution in [0.1, 0.15) is 51.4 Å². The standard InChI is InChI=1S/C29H29N11O3S/c1-16-10-20(12-21(11-16)29(41)33-14-19-4-6-22(7-5-19)39-44(32,42)43)24-25-17(2)8-9-40(25)38-27(37-24)18(3)36-28-23(13-30)26(31)34-15-35-28/h4-12,15,18,39H,14H2,1-3H3,(H,33,41)(H2,32,42,43)(H3,31,34,35,36)/t18-/m0/s1. The van der Waals surface area contributed by atoms with Gasteiger partial charge in [-0.3, -0.25) is 9.52 Å². The van der Waals surface area contributed by atoms with Gasteiger partial charge in [0.1, 0.15) is 29.6 Å². The number of rotatable bonds is 9. The number of nitrogens with zero attached hydrogens (tertiary/aromatic N) is 6. The Hall–Kier alpha value is -5.59. The van der Waals surface area contributed by atoms with Crippen LogP contribution in [0.15, 0.2) is 61.1 Å². The number of nitrogens with two attached hydrogens (primary N) is 2. The summed E-state index contributed by atoms with van der Waals surface area (Å²) in [7, 11) is -3.88. The molecule has 224 valence electrons. The Morgan fingerprint density at radius 3 is 2.57 bits per heavy atom. The number of hydrogen-bond acceptors (Lipinski definition) is 10. The summed E-state index contributed by atoms with van der Waals surface area (Å²) in [5.74, 6) is 0.472. The Labute approximate surface area is 253 Å². The monoisotopic (exact) mass is 611 g/mol. The molecule has 2 aromatic carbocycles. The maximum Gasteiger partial charge on any atom is 0.296 e. The number of carbonyl (C=O) groups excluding carboxylic acids is 1. The highest BCUT2D eigenvalue weighted by atomic mass is 32.2. The third-order valence-electron chi connectivity index (χ3n) is 6.74. The Balaban J connectivity index is 1.43. The maximum absolute atomic E-state index is 13.2. The SMILES string of the molecule is Cc1cc(C(=O)NCc2ccc(NS(N)(=O)=O)cc2)cc(-c2nc([C@H](C)Nc3ncnc(N)c3C#N)nn3ccc(C)c23)c1. The van der Waals surface area contributed by atoms with E-state index in [1.54, 1.807) is 40.9 Å². The van der Waals surface area contributed by atoms with Crippen molar-refractivity contribution >= 4 is 39.0 Å². The van der Waals surface area contributed by atoms with E-state index in [1.165, 1.54) is 6.33 Å². The molecule has 0 aliphatic carbocycles. The van der Waals surface area contributed by atoms with E-state index in [0.717, 1.165) is 27.8 Å². The number of nitrogens with one attached hydrogen (secondary N) is 3. The van der Waals surface area contributed by atoms with E-state index in [-0.39, 0.29) is 29.7 Å². The molecule has 0 fully saturated rings. The van der Waals surface area contributed by atoms with Gasteiger partial charge in [0.25, 0.3) is 16.1 Å². The smallest absolute Gasteiger partial charge is 0.296 e. The first kappa shape index (κ1) is 29.9. The van der Waals surface area contributed by atoms with E-state index < -0.39 is 16.3 Å². The Morgan fingerprint density at radius 1 is 1.11 bits per heavy atom. The molecule has 5 aromatic rings. The molecule has 0 saturated heterocycles. The Kier molecular flexibility index (Phi) is 8.12. The Bertz CT molecular complexity index is 2030. The van der Waals surface area contributed by atoms with Crippen molar-refractivity contribution in [2.75, 3.05) is 15.8 Å². The number of amides is 1. The molecule has 5 rings (SSSR count). The molecular weight excluding hydrogens is 582 g/mol. The topological polar surface area (TPSA) is 219 Å². The van der Waals surface area contributed by atoms with E-state index in [0.29, 0.717) is 22.8 Å². The van der Waals surface area contributed by atoms with Crippen LogP contribution < -0.4 is 26.2 Å². The van der Waals surface area contributed by atoms with Crippen molar-refractivity contribution in [3.05, 3.63) is 94.7 Å². The predicted octanol–water partition coefficient (Wildman–Crippen LogP) is 2.98. The van der Waals surface area contributed by atoms with Crippen LogP contribution in [0.3, 0.4) is 0 Å². The highest BCUT2D eigenvalue weighted by Gasteiger charge is 2.20. The molecule has 0 radical (unpaired) electrons. The number of nitriles is 1. The lowest BCUT2D eigenvalue weighted by Crippen LogP contribution is -2.23. The van der Waals surface area contributed by atoms with Crippen molar-refractivity contribution < 1.29 is 13.2 Å². The summed E-state index contributed by atoms with van der Waals surface area (Å²) in [5.41, 5.74) is 11.5. The Morgan fingerprint density at radius 2 is 1.86 bits per heavy atom. The lowest BCUT2D eigenvalue weighted by Gasteiger charge is -2.17. The number of benzene rings is 2. The third kappa shape index (κ3) is 6.56. The van der Waals surface area contributed by atoms with Crippen LogP contribution in [0.4, 0.5) is 17.3 Å². The van der Waals surface area contributed by atoms with Crippen molar-refractivity contribution in [2.24, 2.45) is 5.14 Å². The molecule has 7 N–H and O–H groups in total. The summed E-state index contributed by atoms with van der Waals surface area (Å²) in [4.78, 5) is 26.2. The molecule has 44 heavy (non-hydrogen) atoms. The number of hydrogen-bond donors (Lipinski definition) is 5. The summed E-state index contributed by atoms with van der Waals surface area (Å²) in [5, 5.41) is 25.3. The van der Waals surface area contributed by atoms with Crippen LogP contribution in [-0.4, -0.2) is 38.9 Å². The van der Waals surface area contributed by atoms with Crippen LogP contribution in [0.25, 0.3) is 16.8 Å². The van der Waals surface area contributed by atoms with Crippen LogP contribution in [0, 0.1) is 25.2 Å². The molecule has 0 spiro atoms. The highest BCUT2D eigenvalue weighted by Crippen LogP contribution is 2.29. The van der Waals surface area contributed by atoms with Gasteiger partial charge in [-0.2, -0.15) is 18.8 Å². The van der Waals surface area contributed by atoms with Crippen LogP contribution in [0.2, 0.25) is 0 Å². The van der Waals surface area contributed by atoms with Crippen molar-refractivity contribution in [1.29, 1.82) is 5.26 Å². The largest absolute Gasteiger partial charge is 0.382 e. The minimum Gasteiger partial charge on any atom is -0.382 e. The zero-order chi connectivity index (χ0) is 31.6. The van der Waals surface area contributed by atoms with Crippen molar-refractivity contribution in [3.63, 3.8) is 0 Å². The fraction of sp³-hybridized carbons (Fsp3) is 0.172. The molecule has 0 aliphatic heterocycles. The van der Waals surface area contributed by atoms with Gasteiger partial charge in [-0.25, -0.2) is 24.6 Å². The maximum atomic E-state index is 13.2. The minimum absolute atomic E-state index is 0.0666. The van der Waals surface area contributed by atoms with E-state index in [4.69, 9.17) is 15.9 Å². The first-order valence-electron chi connectivity index (χ1n) is 13.3. The number of fused-ring (bicyclic) bond motifs is 1. The second-order valence-corrected chi connectivity index (χ2v) is 11.5. The van der Waals surface area contributed by atoms with Gasteiger partial charge in [0, 0.05) is 29.6 Å². The molecule has 0 bridgehead atoms. The third-order valence-corrected chi connectivity index (χ3v) is 7.26. The second kappa shape index (κ2) is 12.0. The molecule has 1 amide bonds. The van der Waals surface area contributed by atoms with Crippen molar-refractivity contribution in [1.82, 2.24) is 29.9 Å². The molecule has 14 nitrogen and oxygen atoms in total.